The number of nitrogens with one attached hydrogen (secondary N) is 1. The Morgan fingerprint density at radius 1 is 1.42 bits per heavy atom. The summed E-state index contributed by atoms with van der Waals surface area (Å²) in [7, 11) is 0. The fourth-order valence-electron chi connectivity index (χ4n) is 2.29. The van der Waals surface area contributed by atoms with Crippen LogP contribution in [0.5, 0.6) is 0 Å². The molecule has 0 amide bonds. The van der Waals surface area contributed by atoms with Crippen molar-refractivity contribution in [1.29, 1.82) is 0 Å². The largest absolute Gasteiger partial charge is 0.423 e. The minimum Gasteiger partial charge on any atom is -0.423 e. The summed E-state index contributed by atoms with van der Waals surface area (Å²) in [5.74, 6) is 1.17. The Hall–Kier alpha value is -1.88. The van der Waals surface area contributed by atoms with E-state index in [9.17, 15) is 0 Å². The maximum absolute atomic E-state index is 5.38. The summed E-state index contributed by atoms with van der Waals surface area (Å²) >= 11 is 0. The molecule has 1 fully saturated rings. The van der Waals surface area contributed by atoms with Crippen LogP contribution in [0.2, 0.25) is 0 Å². The Morgan fingerprint density at radius 2 is 2.37 bits per heavy atom. The van der Waals surface area contributed by atoms with Crippen LogP contribution in [-0.4, -0.2) is 30.0 Å². The van der Waals surface area contributed by atoms with E-state index in [1.165, 1.54) is 12.0 Å². The molecule has 1 aliphatic heterocycles. The van der Waals surface area contributed by atoms with Gasteiger partial charge in [-0.25, -0.2) is 0 Å². The van der Waals surface area contributed by atoms with Gasteiger partial charge in [0.05, 0.1) is 6.61 Å². The number of aryl methyl sites for hydroxylation is 1. The summed E-state index contributed by atoms with van der Waals surface area (Å²) in [5.41, 5.74) is 3.27. The molecule has 0 radical (unpaired) electrons. The van der Waals surface area contributed by atoms with Gasteiger partial charge in [-0.05, 0) is 37.1 Å². The molecule has 1 aromatic heterocycles. The monoisotopic (exact) mass is 259 g/mol. The van der Waals surface area contributed by atoms with Crippen LogP contribution < -0.4 is 5.32 Å². The number of hydrogen-bond donors (Lipinski definition) is 1. The molecule has 1 N–H and O–H groups in total. The molecule has 5 heteroatoms. The van der Waals surface area contributed by atoms with Crippen molar-refractivity contribution in [2.24, 2.45) is 5.92 Å². The first-order chi connectivity index (χ1) is 9.33. The topological polar surface area (TPSA) is 60.2 Å². The fraction of sp³-hybridized carbons (Fsp3) is 0.429. The van der Waals surface area contributed by atoms with Gasteiger partial charge in [0.25, 0.3) is 0 Å². The molecular weight excluding hydrogens is 242 g/mol. The summed E-state index contributed by atoms with van der Waals surface area (Å²) < 4.78 is 10.6. The Morgan fingerprint density at radius 3 is 3.05 bits per heavy atom. The lowest BCUT2D eigenvalue weighted by Crippen LogP contribution is -2.14. The van der Waals surface area contributed by atoms with E-state index < -0.39 is 0 Å². The van der Waals surface area contributed by atoms with Crippen molar-refractivity contribution in [3.63, 3.8) is 0 Å². The van der Waals surface area contributed by atoms with E-state index in [4.69, 9.17) is 9.15 Å². The van der Waals surface area contributed by atoms with Gasteiger partial charge >= 0.3 is 0 Å². The molecule has 5 nitrogen and oxygen atoms in total. The van der Waals surface area contributed by atoms with Gasteiger partial charge in [-0.15, -0.1) is 10.2 Å². The minimum atomic E-state index is 0.554. The number of rotatable bonds is 4. The maximum atomic E-state index is 5.38. The van der Waals surface area contributed by atoms with Crippen molar-refractivity contribution in [1.82, 2.24) is 10.2 Å². The second kappa shape index (κ2) is 5.40. The van der Waals surface area contributed by atoms with Crippen LogP contribution in [0.1, 0.15) is 12.0 Å². The van der Waals surface area contributed by atoms with Crippen molar-refractivity contribution in [2.75, 3.05) is 25.1 Å². The highest BCUT2D eigenvalue weighted by atomic mass is 16.5. The van der Waals surface area contributed by atoms with E-state index in [1.54, 1.807) is 0 Å². The SMILES string of the molecule is Cc1cc(-c2nnco2)ccc1NCC1CCOC1. The van der Waals surface area contributed by atoms with Crippen molar-refractivity contribution in [2.45, 2.75) is 13.3 Å². The van der Waals surface area contributed by atoms with Gasteiger partial charge in [0.1, 0.15) is 0 Å². The van der Waals surface area contributed by atoms with Crippen LogP contribution in [0.4, 0.5) is 5.69 Å². The highest BCUT2D eigenvalue weighted by Gasteiger charge is 2.15. The van der Waals surface area contributed by atoms with Crippen LogP contribution in [0, 0.1) is 12.8 Å². The van der Waals surface area contributed by atoms with Crippen LogP contribution in [0.3, 0.4) is 0 Å². The van der Waals surface area contributed by atoms with E-state index in [2.05, 4.69) is 34.6 Å². The smallest absolute Gasteiger partial charge is 0.247 e. The third-order valence-corrected chi connectivity index (χ3v) is 3.44. The van der Waals surface area contributed by atoms with E-state index in [1.807, 2.05) is 6.07 Å². The van der Waals surface area contributed by atoms with Crippen molar-refractivity contribution in [3.8, 4) is 11.5 Å². The summed E-state index contributed by atoms with van der Waals surface area (Å²) in [6.07, 6.45) is 2.49. The predicted octanol–water partition coefficient (Wildman–Crippen LogP) is 2.49. The third-order valence-electron chi connectivity index (χ3n) is 3.44. The summed E-state index contributed by atoms with van der Waals surface area (Å²) in [5, 5.41) is 11.1. The average molecular weight is 259 g/mol. The van der Waals surface area contributed by atoms with E-state index in [0.717, 1.165) is 37.4 Å². The molecule has 0 bridgehead atoms. The van der Waals surface area contributed by atoms with E-state index >= 15 is 0 Å². The first-order valence-electron chi connectivity index (χ1n) is 6.52. The Balaban J connectivity index is 1.69. The molecule has 100 valence electrons. The van der Waals surface area contributed by atoms with E-state index in [0.29, 0.717) is 11.8 Å². The van der Waals surface area contributed by atoms with Crippen molar-refractivity contribution in [3.05, 3.63) is 30.2 Å². The zero-order valence-corrected chi connectivity index (χ0v) is 10.9. The molecule has 0 spiro atoms. The second-order valence-corrected chi connectivity index (χ2v) is 4.88. The van der Waals surface area contributed by atoms with Crippen LogP contribution >= 0.6 is 0 Å². The first kappa shape index (κ1) is 12.2. The summed E-state index contributed by atoms with van der Waals surface area (Å²) in [6, 6.07) is 6.11. The Kier molecular flexibility index (Phi) is 3.46. The normalized spacial score (nSPS) is 18.7. The molecule has 0 aliphatic carbocycles. The zero-order valence-electron chi connectivity index (χ0n) is 10.9. The summed E-state index contributed by atoms with van der Waals surface area (Å²) in [4.78, 5) is 0. The predicted molar refractivity (Wildman–Crippen MR) is 71.9 cm³/mol. The number of ether oxygens (including phenoxy) is 1. The lowest BCUT2D eigenvalue weighted by atomic mass is 10.1. The molecule has 1 unspecified atom stereocenters. The fourth-order valence-corrected chi connectivity index (χ4v) is 2.29. The second-order valence-electron chi connectivity index (χ2n) is 4.88. The number of nitrogens with zero attached hydrogens (tertiary/aromatic N) is 2. The molecule has 1 atom stereocenters. The lowest BCUT2D eigenvalue weighted by molar-refractivity contribution is 0.187. The average Bonchev–Trinajstić information content (AvgIpc) is 3.10. The van der Waals surface area contributed by atoms with Gasteiger partial charge in [-0.2, -0.15) is 0 Å². The lowest BCUT2D eigenvalue weighted by Gasteiger charge is -2.13. The van der Waals surface area contributed by atoms with E-state index in [-0.39, 0.29) is 0 Å². The first-order valence-corrected chi connectivity index (χ1v) is 6.52. The Bertz CT molecular complexity index is 534. The zero-order chi connectivity index (χ0) is 13.1. The summed E-state index contributed by atoms with van der Waals surface area (Å²) in [6.45, 7) is 4.79. The minimum absolute atomic E-state index is 0.554. The van der Waals surface area contributed by atoms with Crippen LogP contribution in [0.15, 0.2) is 29.0 Å². The van der Waals surface area contributed by atoms with Gasteiger partial charge in [0.15, 0.2) is 0 Å². The molecule has 1 aromatic carbocycles. The molecule has 19 heavy (non-hydrogen) atoms. The maximum Gasteiger partial charge on any atom is 0.247 e. The Labute approximate surface area is 112 Å². The quantitative estimate of drug-likeness (QED) is 0.914. The van der Waals surface area contributed by atoms with Gasteiger partial charge < -0.3 is 14.5 Å². The molecular formula is C14H17N3O2. The van der Waals surface area contributed by atoms with Crippen LogP contribution in [0.25, 0.3) is 11.5 Å². The standard InChI is InChI=1S/C14H17N3O2/c1-10-6-12(14-17-16-9-19-14)2-3-13(10)15-7-11-4-5-18-8-11/h2-3,6,9,11,15H,4-5,7-8H2,1H3. The van der Waals surface area contributed by atoms with Crippen molar-refractivity contribution >= 4 is 5.69 Å². The van der Waals surface area contributed by atoms with Gasteiger partial charge in [-0.1, -0.05) is 0 Å². The number of benzene rings is 1. The molecule has 2 aromatic rings. The van der Waals surface area contributed by atoms with Gasteiger partial charge in [0, 0.05) is 30.3 Å². The number of hydrogen-bond acceptors (Lipinski definition) is 5. The number of anilines is 1. The molecule has 2 heterocycles. The third kappa shape index (κ3) is 2.76. The molecule has 1 aliphatic rings. The van der Waals surface area contributed by atoms with Crippen molar-refractivity contribution < 1.29 is 9.15 Å². The van der Waals surface area contributed by atoms with Crippen LogP contribution in [-0.2, 0) is 4.74 Å². The molecule has 1 saturated heterocycles. The molecule has 3 rings (SSSR count). The van der Waals surface area contributed by atoms with Gasteiger partial charge in [-0.3, -0.25) is 0 Å². The highest BCUT2D eigenvalue weighted by Crippen LogP contribution is 2.24. The van der Waals surface area contributed by atoms with Gasteiger partial charge in [0.2, 0.25) is 12.3 Å². The molecule has 0 saturated carbocycles. The highest BCUT2D eigenvalue weighted by molar-refractivity contribution is 5.62. The number of aromatic nitrogens is 2.